The molecule has 0 bridgehead atoms. The van der Waals surface area contributed by atoms with Crippen LogP contribution >= 0.6 is 11.6 Å². The van der Waals surface area contributed by atoms with Gasteiger partial charge in [-0.1, -0.05) is 51.3 Å². The van der Waals surface area contributed by atoms with Crippen molar-refractivity contribution in [1.82, 2.24) is 5.32 Å². The maximum absolute atomic E-state index is 6.43. The summed E-state index contributed by atoms with van der Waals surface area (Å²) < 4.78 is 0. The summed E-state index contributed by atoms with van der Waals surface area (Å²) in [6.45, 7) is 11.0. The minimum Gasteiger partial charge on any atom is -0.371 e. The molecule has 1 aromatic carbocycles. The molecule has 0 amide bonds. The van der Waals surface area contributed by atoms with Crippen molar-refractivity contribution in [3.05, 3.63) is 28.8 Å². The van der Waals surface area contributed by atoms with E-state index in [1.165, 1.54) is 36.9 Å². The lowest BCUT2D eigenvalue weighted by Crippen LogP contribution is -2.40. The summed E-state index contributed by atoms with van der Waals surface area (Å²) in [6.07, 6.45) is 5.20. The van der Waals surface area contributed by atoms with Crippen LogP contribution in [0.3, 0.4) is 0 Å². The van der Waals surface area contributed by atoms with Crippen LogP contribution in [0.1, 0.15) is 52.0 Å². The SMILES string of the molecule is CCNCc1c(Cl)cccc1N1CCC(CC)(CC)CC1. The highest BCUT2D eigenvalue weighted by atomic mass is 35.5. The van der Waals surface area contributed by atoms with Crippen molar-refractivity contribution in [2.45, 2.75) is 53.0 Å². The van der Waals surface area contributed by atoms with Crippen molar-refractivity contribution in [3.8, 4) is 0 Å². The molecule has 2 nitrogen and oxygen atoms in total. The second-order valence-electron chi connectivity index (χ2n) is 6.21. The Morgan fingerprint density at radius 3 is 2.38 bits per heavy atom. The molecule has 1 heterocycles. The fraction of sp³-hybridized carbons (Fsp3) is 0.667. The molecule has 0 unspecified atom stereocenters. The molecule has 1 aliphatic heterocycles. The van der Waals surface area contributed by atoms with Gasteiger partial charge in [-0.15, -0.1) is 0 Å². The van der Waals surface area contributed by atoms with Crippen LogP contribution in [0.15, 0.2) is 18.2 Å². The largest absolute Gasteiger partial charge is 0.371 e. The van der Waals surface area contributed by atoms with Crippen LogP contribution in [-0.2, 0) is 6.54 Å². The average Bonchev–Trinajstić information content (AvgIpc) is 2.54. The molecule has 1 aliphatic rings. The molecule has 2 rings (SSSR count). The molecule has 0 radical (unpaired) electrons. The zero-order chi connectivity index (χ0) is 15.3. The monoisotopic (exact) mass is 308 g/mol. The number of nitrogens with zero attached hydrogens (tertiary/aromatic N) is 1. The quantitative estimate of drug-likeness (QED) is 0.807. The van der Waals surface area contributed by atoms with Crippen LogP contribution in [0.2, 0.25) is 5.02 Å². The Morgan fingerprint density at radius 2 is 1.81 bits per heavy atom. The van der Waals surface area contributed by atoms with Gasteiger partial charge in [0.2, 0.25) is 0 Å². The van der Waals surface area contributed by atoms with Gasteiger partial charge in [0.05, 0.1) is 0 Å². The van der Waals surface area contributed by atoms with Gasteiger partial charge in [-0.05, 0) is 36.9 Å². The van der Waals surface area contributed by atoms with E-state index >= 15 is 0 Å². The number of benzene rings is 1. The molecule has 21 heavy (non-hydrogen) atoms. The van der Waals surface area contributed by atoms with Crippen LogP contribution in [0.25, 0.3) is 0 Å². The molecule has 0 saturated carbocycles. The number of nitrogens with one attached hydrogen (secondary N) is 1. The third kappa shape index (κ3) is 3.73. The van der Waals surface area contributed by atoms with Crippen molar-refractivity contribution in [1.29, 1.82) is 0 Å². The summed E-state index contributed by atoms with van der Waals surface area (Å²) in [7, 11) is 0. The lowest BCUT2D eigenvalue weighted by Gasteiger charge is -2.42. The highest BCUT2D eigenvalue weighted by Gasteiger charge is 2.31. The van der Waals surface area contributed by atoms with E-state index in [1.54, 1.807) is 0 Å². The first-order chi connectivity index (χ1) is 10.2. The van der Waals surface area contributed by atoms with Crippen LogP contribution in [-0.4, -0.2) is 19.6 Å². The van der Waals surface area contributed by atoms with Gasteiger partial charge in [0.25, 0.3) is 0 Å². The summed E-state index contributed by atoms with van der Waals surface area (Å²) >= 11 is 6.43. The molecule has 0 spiro atoms. The van der Waals surface area contributed by atoms with Gasteiger partial charge < -0.3 is 10.2 Å². The maximum atomic E-state index is 6.43. The van der Waals surface area contributed by atoms with Crippen LogP contribution < -0.4 is 10.2 Å². The number of hydrogen-bond acceptors (Lipinski definition) is 2. The van der Waals surface area contributed by atoms with Crippen LogP contribution in [0.4, 0.5) is 5.69 Å². The molecule has 0 aliphatic carbocycles. The van der Waals surface area contributed by atoms with Crippen molar-refractivity contribution < 1.29 is 0 Å². The van der Waals surface area contributed by atoms with Gasteiger partial charge in [0, 0.05) is 35.9 Å². The highest BCUT2D eigenvalue weighted by Crippen LogP contribution is 2.40. The van der Waals surface area contributed by atoms with Gasteiger partial charge in [0.1, 0.15) is 0 Å². The molecule has 118 valence electrons. The maximum Gasteiger partial charge on any atom is 0.0471 e. The van der Waals surface area contributed by atoms with E-state index in [0.717, 1.165) is 31.2 Å². The summed E-state index contributed by atoms with van der Waals surface area (Å²) in [5.74, 6) is 0. The lowest BCUT2D eigenvalue weighted by molar-refractivity contribution is 0.199. The summed E-state index contributed by atoms with van der Waals surface area (Å²) in [4.78, 5) is 2.53. The van der Waals surface area contributed by atoms with Crippen molar-refractivity contribution in [3.63, 3.8) is 0 Å². The zero-order valence-electron chi connectivity index (χ0n) is 13.7. The van der Waals surface area contributed by atoms with Gasteiger partial charge >= 0.3 is 0 Å². The Balaban J connectivity index is 2.14. The zero-order valence-corrected chi connectivity index (χ0v) is 14.5. The van der Waals surface area contributed by atoms with Crippen LogP contribution in [0.5, 0.6) is 0 Å². The van der Waals surface area contributed by atoms with Gasteiger partial charge in [-0.25, -0.2) is 0 Å². The van der Waals surface area contributed by atoms with E-state index in [-0.39, 0.29) is 0 Å². The van der Waals surface area contributed by atoms with E-state index in [0.29, 0.717) is 5.41 Å². The van der Waals surface area contributed by atoms with E-state index in [2.05, 4.69) is 43.1 Å². The van der Waals surface area contributed by atoms with Gasteiger partial charge in [-0.2, -0.15) is 0 Å². The predicted molar refractivity (Wildman–Crippen MR) is 93.3 cm³/mol. The minimum atomic E-state index is 0.566. The smallest absolute Gasteiger partial charge is 0.0471 e. The first-order valence-corrected chi connectivity index (χ1v) is 8.76. The number of hydrogen-bond donors (Lipinski definition) is 1. The average molecular weight is 309 g/mol. The summed E-state index contributed by atoms with van der Waals surface area (Å²) in [6, 6.07) is 6.31. The third-order valence-corrected chi connectivity index (χ3v) is 5.66. The minimum absolute atomic E-state index is 0.566. The number of rotatable bonds is 6. The molecular weight excluding hydrogens is 280 g/mol. The Morgan fingerprint density at radius 1 is 1.14 bits per heavy atom. The van der Waals surface area contributed by atoms with E-state index in [9.17, 15) is 0 Å². The fourth-order valence-corrected chi connectivity index (χ4v) is 3.68. The molecule has 1 aromatic rings. The summed E-state index contributed by atoms with van der Waals surface area (Å²) in [5, 5.41) is 4.30. The Labute approximate surface area is 134 Å². The molecule has 1 saturated heterocycles. The second-order valence-corrected chi connectivity index (χ2v) is 6.62. The van der Waals surface area contributed by atoms with E-state index < -0.39 is 0 Å². The molecular formula is C18H29ClN2. The molecule has 1 fully saturated rings. The first-order valence-electron chi connectivity index (χ1n) is 8.39. The van der Waals surface area contributed by atoms with Crippen molar-refractivity contribution in [2.24, 2.45) is 5.41 Å². The van der Waals surface area contributed by atoms with E-state index in [1.807, 2.05) is 6.07 Å². The molecule has 0 aromatic heterocycles. The van der Waals surface area contributed by atoms with Crippen molar-refractivity contribution in [2.75, 3.05) is 24.5 Å². The normalized spacial score (nSPS) is 18.0. The molecule has 1 N–H and O–H groups in total. The number of piperidine rings is 1. The molecule has 0 atom stereocenters. The van der Waals surface area contributed by atoms with Gasteiger partial charge in [-0.3, -0.25) is 0 Å². The fourth-order valence-electron chi connectivity index (χ4n) is 3.45. The highest BCUT2D eigenvalue weighted by molar-refractivity contribution is 6.31. The standard InChI is InChI=1S/C18H29ClN2/c1-4-18(5-2)10-12-21(13-11-18)17-9-7-8-16(19)15(17)14-20-6-3/h7-9,20H,4-6,10-14H2,1-3H3. The topological polar surface area (TPSA) is 15.3 Å². The Hall–Kier alpha value is -0.730. The number of anilines is 1. The van der Waals surface area contributed by atoms with E-state index in [4.69, 9.17) is 11.6 Å². The number of halogens is 1. The Bertz CT molecular complexity index is 445. The van der Waals surface area contributed by atoms with Crippen LogP contribution in [0, 0.1) is 5.41 Å². The predicted octanol–water partition coefficient (Wildman–Crippen LogP) is 4.86. The first kappa shape index (κ1) is 16.6. The summed E-state index contributed by atoms with van der Waals surface area (Å²) in [5.41, 5.74) is 3.14. The van der Waals surface area contributed by atoms with Gasteiger partial charge in [0.15, 0.2) is 0 Å². The Kier molecular flexibility index (Phi) is 5.95. The molecule has 3 heteroatoms. The third-order valence-electron chi connectivity index (χ3n) is 5.31. The second kappa shape index (κ2) is 7.51. The lowest BCUT2D eigenvalue weighted by atomic mass is 9.74. The van der Waals surface area contributed by atoms with Crippen molar-refractivity contribution >= 4 is 17.3 Å².